The zero-order valence-corrected chi connectivity index (χ0v) is 16.5. The summed E-state index contributed by atoms with van der Waals surface area (Å²) >= 11 is 1.48. The predicted octanol–water partition coefficient (Wildman–Crippen LogP) is 3.21. The van der Waals surface area contributed by atoms with E-state index in [0.717, 1.165) is 22.8 Å². The summed E-state index contributed by atoms with van der Waals surface area (Å²) in [5.74, 6) is -0.0399. The van der Waals surface area contributed by atoms with E-state index in [1.54, 1.807) is 0 Å². The summed E-state index contributed by atoms with van der Waals surface area (Å²) in [6, 6.07) is 14.1. The minimum Gasteiger partial charge on any atom is -0.379 e. The molecule has 1 N–H and O–H groups in total. The Morgan fingerprint density at radius 3 is 2.52 bits per heavy atom. The van der Waals surface area contributed by atoms with Crippen LogP contribution in [0.5, 0.6) is 0 Å². The van der Waals surface area contributed by atoms with E-state index in [1.807, 2.05) is 37.3 Å². The number of amides is 1. The molecule has 27 heavy (non-hydrogen) atoms. The van der Waals surface area contributed by atoms with E-state index in [-0.39, 0.29) is 30.6 Å². The molecule has 0 radical (unpaired) electrons. The maximum Gasteiger partial charge on any atom is 0.220 e. The fourth-order valence-electron chi connectivity index (χ4n) is 3.26. The number of nitrogens with zero attached hydrogens (tertiary/aromatic N) is 1. The zero-order valence-electron chi connectivity index (χ0n) is 15.6. The van der Waals surface area contributed by atoms with Crippen molar-refractivity contribution in [3.8, 4) is 0 Å². The third-order valence-electron chi connectivity index (χ3n) is 4.76. The van der Waals surface area contributed by atoms with Crippen LogP contribution in [0.3, 0.4) is 0 Å². The van der Waals surface area contributed by atoms with Gasteiger partial charge in [0.15, 0.2) is 5.78 Å². The number of benzene rings is 1. The number of rotatable bonds is 8. The number of ketones is 1. The van der Waals surface area contributed by atoms with Crippen LogP contribution < -0.4 is 5.32 Å². The number of nitrogens with one attached hydrogen (secondary N) is 1. The number of carbonyl (C=O) groups is 2. The lowest BCUT2D eigenvalue weighted by Gasteiger charge is -2.35. The van der Waals surface area contributed by atoms with Gasteiger partial charge in [-0.3, -0.25) is 14.5 Å². The highest BCUT2D eigenvalue weighted by atomic mass is 32.1. The topological polar surface area (TPSA) is 58.6 Å². The first-order valence-electron chi connectivity index (χ1n) is 9.36. The van der Waals surface area contributed by atoms with E-state index in [0.29, 0.717) is 19.8 Å². The van der Waals surface area contributed by atoms with Gasteiger partial charge in [-0.05, 0) is 24.6 Å². The minimum atomic E-state index is -0.0779. The highest BCUT2D eigenvalue weighted by Gasteiger charge is 2.23. The van der Waals surface area contributed by atoms with Crippen LogP contribution in [0.4, 0.5) is 0 Å². The molecular formula is C21H26N2O3S. The number of Topliss-reactive ketones (excluding diaryl/α,β-unsaturated/α-hetero) is 1. The Labute approximate surface area is 164 Å². The van der Waals surface area contributed by atoms with Crippen molar-refractivity contribution in [1.29, 1.82) is 0 Å². The molecule has 0 saturated carbocycles. The van der Waals surface area contributed by atoms with Crippen LogP contribution in [0.25, 0.3) is 0 Å². The average molecular weight is 387 g/mol. The molecule has 1 aromatic heterocycles. The van der Waals surface area contributed by atoms with Gasteiger partial charge in [0.25, 0.3) is 0 Å². The van der Waals surface area contributed by atoms with E-state index >= 15 is 0 Å². The SMILES string of the molecule is Cc1ccc(C(=O)CCC(=O)NCC(c2ccccc2)N2CCOCC2)s1. The molecule has 1 aliphatic heterocycles. The second kappa shape index (κ2) is 9.78. The molecule has 1 aliphatic rings. The smallest absolute Gasteiger partial charge is 0.220 e. The van der Waals surface area contributed by atoms with Crippen molar-refractivity contribution < 1.29 is 14.3 Å². The van der Waals surface area contributed by atoms with E-state index in [2.05, 4.69) is 22.3 Å². The first-order valence-corrected chi connectivity index (χ1v) is 10.2. The third-order valence-corrected chi connectivity index (χ3v) is 5.80. The van der Waals surface area contributed by atoms with Gasteiger partial charge >= 0.3 is 0 Å². The summed E-state index contributed by atoms with van der Waals surface area (Å²) in [6.45, 7) is 5.65. The molecule has 1 amide bonds. The van der Waals surface area contributed by atoms with Gasteiger partial charge in [-0.1, -0.05) is 30.3 Å². The van der Waals surface area contributed by atoms with Crippen molar-refractivity contribution in [1.82, 2.24) is 10.2 Å². The summed E-state index contributed by atoms with van der Waals surface area (Å²) in [6.07, 6.45) is 0.472. The number of morpholine rings is 1. The second-order valence-electron chi connectivity index (χ2n) is 6.71. The Balaban J connectivity index is 1.53. The largest absolute Gasteiger partial charge is 0.379 e. The molecule has 0 spiro atoms. The quantitative estimate of drug-likeness (QED) is 0.708. The number of carbonyl (C=O) groups excluding carboxylic acids is 2. The second-order valence-corrected chi connectivity index (χ2v) is 8.00. The molecule has 0 aliphatic carbocycles. The molecule has 1 unspecified atom stereocenters. The maximum absolute atomic E-state index is 12.3. The first kappa shape index (κ1) is 19.7. The molecule has 1 fully saturated rings. The number of thiophene rings is 1. The number of ether oxygens (including phenoxy) is 1. The highest BCUT2D eigenvalue weighted by Crippen LogP contribution is 2.21. The van der Waals surface area contributed by atoms with Gasteiger partial charge in [0.05, 0.1) is 24.1 Å². The van der Waals surface area contributed by atoms with E-state index < -0.39 is 0 Å². The van der Waals surface area contributed by atoms with Gasteiger partial charge in [0.2, 0.25) is 5.91 Å². The lowest BCUT2D eigenvalue weighted by Crippen LogP contribution is -2.43. The Morgan fingerprint density at radius 1 is 1.11 bits per heavy atom. The molecule has 144 valence electrons. The molecule has 0 bridgehead atoms. The molecule has 1 saturated heterocycles. The van der Waals surface area contributed by atoms with Crippen molar-refractivity contribution in [2.75, 3.05) is 32.8 Å². The van der Waals surface area contributed by atoms with Crippen LogP contribution in [-0.4, -0.2) is 49.4 Å². The molecule has 3 rings (SSSR count). The lowest BCUT2D eigenvalue weighted by molar-refractivity contribution is -0.121. The van der Waals surface area contributed by atoms with Gasteiger partial charge in [-0.25, -0.2) is 0 Å². The Kier molecular flexibility index (Phi) is 7.15. The Morgan fingerprint density at radius 2 is 1.85 bits per heavy atom. The van der Waals surface area contributed by atoms with Crippen molar-refractivity contribution >= 4 is 23.0 Å². The summed E-state index contributed by atoms with van der Waals surface area (Å²) in [4.78, 5) is 28.7. The summed E-state index contributed by atoms with van der Waals surface area (Å²) in [5, 5.41) is 3.02. The van der Waals surface area contributed by atoms with Gasteiger partial charge in [0, 0.05) is 37.4 Å². The van der Waals surface area contributed by atoms with E-state index in [1.165, 1.54) is 16.9 Å². The third kappa shape index (κ3) is 5.73. The monoisotopic (exact) mass is 386 g/mol. The lowest BCUT2D eigenvalue weighted by atomic mass is 10.0. The summed E-state index contributed by atoms with van der Waals surface area (Å²) < 4.78 is 5.45. The summed E-state index contributed by atoms with van der Waals surface area (Å²) in [5.41, 5.74) is 1.19. The Bertz CT molecular complexity index is 754. The van der Waals surface area contributed by atoms with Crippen molar-refractivity contribution in [2.24, 2.45) is 0 Å². The maximum atomic E-state index is 12.3. The summed E-state index contributed by atoms with van der Waals surface area (Å²) in [7, 11) is 0. The highest BCUT2D eigenvalue weighted by molar-refractivity contribution is 7.14. The first-order chi connectivity index (χ1) is 13.1. The molecule has 5 nitrogen and oxygen atoms in total. The fourth-order valence-corrected chi connectivity index (χ4v) is 4.09. The van der Waals surface area contributed by atoms with Crippen LogP contribution >= 0.6 is 11.3 Å². The predicted molar refractivity (Wildman–Crippen MR) is 107 cm³/mol. The Hall–Kier alpha value is -2.02. The van der Waals surface area contributed by atoms with Crippen molar-refractivity contribution in [3.05, 3.63) is 57.8 Å². The van der Waals surface area contributed by atoms with Gasteiger partial charge in [-0.2, -0.15) is 0 Å². The van der Waals surface area contributed by atoms with Crippen LogP contribution in [0.1, 0.15) is 39.0 Å². The number of hydrogen-bond donors (Lipinski definition) is 1. The van der Waals surface area contributed by atoms with Crippen LogP contribution in [0.15, 0.2) is 42.5 Å². The minimum absolute atomic E-state index is 0.0380. The van der Waals surface area contributed by atoms with Crippen molar-refractivity contribution in [3.63, 3.8) is 0 Å². The van der Waals surface area contributed by atoms with Crippen LogP contribution in [-0.2, 0) is 9.53 Å². The fraction of sp³-hybridized carbons (Fsp3) is 0.429. The van der Waals surface area contributed by atoms with Gasteiger partial charge in [-0.15, -0.1) is 11.3 Å². The van der Waals surface area contributed by atoms with E-state index in [9.17, 15) is 9.59 Å². The van der Waals surface area contributed by atoms with Gasteiger partial charge < -0.3 is 10.1 Å². The van der Waals surface area contributed by atoms with E-state index in [4.69, 9.17) is 4.74 Å². The molecule has 2 aromatic rings. The molecule has 2 heterocycles. The van der Waals surface area contributed by atoms with Crippen LogP contribution in [0.2, 0.25) is 0 Å². The van der Waals surface area contributed by atoms with Crippen LogP contribution in [0, 0.1) is 6.92 Å². The molecule has 6 heteroatoms. The standard InChI is InChI=1S/C21H26N2O3S/c1-16-7-9-20(27-16)19(24)8-10-21(25)22-15-18(17-5-3-2-4-6-17)23-11-13-26-14-12-23/h2-7,9,18H,8,10-15H2,1H3,(H,22,25). The van der Waals surface area contributed by atoms with Crippen molar-refractivity contribution in [2.45, 2.75) is 25.8 Å². The normalized spacial score (nSPS) is 16.0. The average Bonchev–Trinajstić information content (AvgIpc) is 3.14. The molecular weight excluding hydrogens is 360 g/mol. The zero-order chi connectivity index (χ0) is 19.1. The molecule has 1 atom stereocenters. The van der Waals surface area contributed by atoms with Gasteiger partial charge in [0.1, 0.15) is 0 Å². The number of aryl methyl sites for hydroxylation is 1. The number of hydrogen-bond acceptors (Lipinski definition) is 5. The molecule has 1 aromatic carbocycles.